The predicted molar refractivity (Wildman–Crippen MR) is 67.4 cm³/mol. The molecule has 0 saturated heterocycles. The summed E-state index contributed by atoms with van der Waals surface area (Å²) in [5, 5.41) is 3.29. The first kappa shape index (κ1) is 15.4. The lowest BCUT2D eigenvalue weighted by Gasteiger charge is -2.10. The molecule has 0 fully saturated rings. The van der Waals surface area contributed by atoms with Crippen LogP contribution in [0.3, 0.4) is 0 Å². The summed E-state index contributed by atoms with van der Waals surface area (Å²) in [4.78, 5) is 11.1. The summed E-state index contributed by atoms with van der Waals surface area (Å²) < 4.78 is 4.66. The number of methoxy groups -OCH3 is 1. The van der Waals surface area contributed by atoms with Gasteiger partial charge >= 0.3 is 5.97 Å². The summed E-state index contributed by atoms with van der Waals surface area (Å²) in [7, 11) is 1.44. The molecule has 0 aromatic carbocycles. The first-order chi connectivity index (χ1) is 7.72. The van der Waals surface area contributed by atoms with Crippen molar-refractivity contribution >= 4 is 5.97 Å². The molecule has 0 aliphatic heterocycles. The van der Waals surface area contributed by atoms with Crippen LogP contribution in [0, 0.1) is 5.92 Å². The van der Waals surface area contributed by atoms with Gasteiger partial charge < -0.3 is 10.1 Å². The van der Waals surface area contributed by atoms with Crippen LogP contribution >= 0.6 is 0 Å². The molecule has 0 saturated carbocycles. The van der Waals surface area contributed by atoms with Gasteiger partial charge in [-0.05, 0) is 13.0 Å². The van der Waals surface area contributed by atoms with Crippen LogP contribution < -0.4 is 5.32 Å². The molecule has 3 nitrogen and oxygen atoms in total. The Morgan fingerprint density at radius 2 is 1.81 bits per heavy atom. The molecule has 1 atom stereocenters. The number of hydrogen-bond donors (Lipinski definition) is 1. The Bertz CT molecular complexity index is 171. The van der Waals surface area contributed by atoms with E-state index in [1.54, 1.807) is 0 Å². The fraction of sp³-hybridized carbons (Fsp3) is 0.923. The molecule has 0 aliphatic rings. The van der Waals surface area contributed by atoms with E-state index in [2.05, 4.69) is 17.0 Å². The van der Waals surface area contributed by atoms with E-state index in [0.717, 1.165) is 13.1 Å². The molecule has 3 heteroatoms. The lowest BCUT2D eigenvalue weighted by molar-refractivity contribution is -0.144. The Morgan fingerprint density at radius 3 is 2.44 bits per heavy atom. The van der Waals surface area contributed by atoms with Gasteiger partial charge in [0.15, 0.2) is 0 Å². The third-order valence-electron chi connectivity index (χ3n) is 2.76. The number of esters is 1. The van der Waals surface area contributed by atoms with Gasteiger partial charge in [-0.2, -0.15) is 0 Å². The Morgan fingerprint density at radius 1 is 1.19 bits per heavy atom. The molecule has 0 aromatic rings. The summed E-state index contributed by atoms with van der Waals surface area (Å²) in [5.41, 5.74) is 0. The summed E-state index contributed by atoms with van der Waals surface area (Å²) in [5.74, 6) is -0.166. The number of unbranched alkanes of at least 4 members (excludes halogenated alkanes) is 5. The number of nitrogens with one attached hydrogen (secondary N) is 1. The number of carbonyl (C=O) groups excluding carboxylic acids is 1. The van der Waals surface area contributed by atoms with Crippen molar-refractivity contribution in [1.29, 1.82) is 0 Å². The molecule has 1 N–H and O–H groups in total. The molecule has 0 radical (unpaired) electrons. The molecule has 0 unspecified atom stereocenters. The highest BCUT2D eigenvalue weighted by molar-refractivity contribution is 5.71. The Balaban J connectivity index is 3.17. The molecule has 0 spiro atoms. The van der Waals surface area contributed by atoms with Crippen molar-refractivity contribution in [2.24, 2.45) is 5.92 Å². The zero-order valence-electron chi connectivity index (χ0n) is 11.1. The van der Waals surface area contributed by atoms with Gasteiger partial charge in [-0.15, -0.1) is 0 Å². The van der Waals surface area contributed by atoms with Crippen molar-refractivity contribution in [2.45, 2.75) is 52.4 Å². The molecular weight excluding hydrogens is 202 g/mol. The molecular formula is C13H27NO2. The lowest BCUT2D eigenvalue weighted by atomic mass is 10.1. The largest absolute Gasteiger partial charge is 0.469 e. The van der Waals surface area contributed by atoms with Crippen LogP contribution in [0.4, 0.5) is 0 Å². The Hall–Kier alpha value is -0.570. The summed E-state index contributed by atoms with van der Waals surface area (Å²) in [6.07, 6.45) is 7.84. The molecule has 0 aromatic heterocycles. The van der Waals surface area contributed by atoms with E-state index in [1.165, 1.54) is 45.6 Å². The third kappa shape index (κ3) is 8.72. The first-order valence-electron chi connectivity index (χ1n) is 6.50. The fourth-order valence-electron chi connectivity index (χ4n) is 1.63. The van der Waals surface area contributed by atoms with E-state index in [1.807, 2.05) is 6.92 Å². The Kier molecular flexibility index (Phi) is 10.5. The van der Waals surface area contributed by atoms with E-state index in [0.29, 0.717) is 0 Å². The fourth-order valence-corrected chi connectivity index (χ4v) is 1.63. The second-order valence-corrected chi connectivity index (χ2v) is 4.40. The van der Waals surface area contributed by atoms with Crippen LogP contribution in [0.15, 0.2) is 0 Å². The van der Waals surface area contributed by atoms with E-state index in [4.69, 9.17) is 0 Å². The van der Waals surface area contributed by atoms with Gasteiger partial charge in [-0.3, -0.25) is 4.79 Å². The number of ether oxygens (including phenoxy) is 1. The van der Waals surface area contributed by atoms with Gasteiger partial charge in [0, 0.05) is 6.54 Å². The van der Waals surface area contributed by atoms with Crippen molar-refractivity contribution < 1.29 is 9.53 Å². The quantitative estimate of drug-likeness (QED) is 0.462. The average Bonchev–Trinajstić information content (AvgIpc) is 2.31. The minimum atomic E-state index is -0.129. The van der Waals surface area contributed by atoms with Gasteiger partial charge in [-0.1, -0.05) is 46.0 Å². The van der Waals surface area contributed by atoms with Gasteiger partial charge in [0.05, 0.1) is 13.0 Å². The van der Waals surface area contributed by atoms with Crippen LogP contribution in [0.1, 0.15) is 52.4 Å². The average molecular weight is 229 g/mol. The normalized spacial score (nSPS) is 12.4. The SMILES string of the molecule is CCCCCCCCNC[C@@H](C)C(=O)OC. The Labute approximate surface area is 99.9 Å². The van der Waals surface area contributed by atoms with Gasteiger partial charge in [0.1, 0.15) is 0 Å². The van der Waals surface area contributed by atoms with Gasteiger partial charge in [0.25, 0.3) is 0 Å². The van der Waals surface area contributed by atoms with Crippen molar-refractivity contribution in [3.05, 3.63) is 0 Å². The molecule has 96 valence electrons. The zero-order chi connectivity index (χ0) is 12.2. The van der Waals surface area contributed by atoms with Crippen LogP contribution in [0.5, 0.6) is 0 Å². The maximum atomic E-state index is 11.1. The monoisotopic (exact) mass is 229 g/mol. The van der Waals surface area contributed by atoms with Crippen LogP contribution in [0.25, 0.3) is 0 Å². The second-order valence-electron chi connectivity index (χ2n) is 4.40. The van der Waals surface area contributed by atoms with Crippen molar-refractivity contribution in [2.75, 3.05) is 20.2 Å². The second kappa shape index (κ2) is 10.9. The smallest absolute Gasteiger partial charge is 0.309 e. The predicted octanol–water partition coefficient (Wildman–Crippen LogP) is 2.75. The number of rotatable bonds is 10. The van der Waals surface area contributed by atoms with Crippen LogP contribution in [-0.4, -0.2) is 26.2 Å². The van der Waals surface area contributed by atoms with Crippen molar-refractivity contribution in [1.82, 2.24) is 5.32 Å². The van der Waals surface area contributed by atoms with Crippen molar-refractivity contribution in [3.8, 4) is 0 Å². The molecule has 0 rings (SSSR count). The van der Waals surface area contributed by atoms with E-state index < -0.39 is 0 Å². The van der Waals surface area contributed by atoms with Crippen molar-refractivity contribution in [3.63, 3.8) is 0 Å². The first-order valence-corrected chi connectivity index (χ1v) is 6.50. The topological polar surface area (TPSA) is 38.3 Å². The summed E-state index contributed by atoms with van der Waals surface area (Å²) >= 11 is 0. The molecule has 16 heavy (non-hydrogen) atoms. The van der Waals surface area contributed by atoms with E-state index >= 15 is 0 Å². The number of carbonyl (C=O) groups is 1. The standard InChI is InChI=1S/C13H27NO2/c1-4-5-6-7-8-9-10-14-11-12(2)13(15)16-3/h12,14H,4-11H2,1-3H3/t12-/m1/s1. The molecule has 0 bridgehead atoms. The van der Waals surface area contributed by atoms with Gasteiger partial charge in [-0.25, -0.2) is 0 Å². The third-order valence-corrected chi connectivity index (χ3v) is 2.76. The van der Waals surface area contributed by atoms with E-state index in [-0.39, 0.29) is 11.9 Å². The number of hydrogen-bond acceptors (Lipinski definition) is 3. The highest BCUT2D eigenvalue weighted by Gasteiger charge is 2.11. The highest BCUT2D eigenvalue weighted by Crippen LogP contribution is 2.04. The molecule has 0 aliphatic carbocycles. The lowest BCUT2D eigenvalue weighted by Crippen LogP contribution is -2.27. The van der Waals surface area contributed by atoms with Crippen LogP contribution in [0.2, 0.25) is 0 Å². The summed E-state index contributed by atoms with van der Waals surface area (Å²) in [6.45, 7) is 5.85. The molecule has 0 heterocycles. The molecule has 0 amide bonds. The van der Waals surface area contributed by atoms with E-state index in [9.17, 15) is 4.79 Å². The zero-order valence-corrected chi connectivity index (χ0v) is 11.1. The van der Waals surface area contributed by atoms with Crippen LogP contribution in [-0.2, 0) is 9.53 Å². The highest BCUT2D eigenvalue weighted by atomic mass is 16.5. The van der Waals surface area contributed by atoms with Gasteiger partial charge in [0.2, 0.25) is 0 Å². The maximum Gasteiger partial charge on any atom is 0.309 e. The maximum absolute atomic E-state index is 11.1. The summed E-state index contributed by atoms with van der Waals surface area (Å²) in [6, 6.07) is 0. The minimum absolute atomic E-state index is 0.0370. The minimum Gasteiger partial charge on any atom is -0.469 e.